The van der Waals surface area contributed by atoms with Crippen LogP contribution in [0.1, 0.15) is 0 Å². The second-order valence-corrected chi connectivity index (χ2v) is 3.89. The Morgan fingerprint density at radius 3 is 2.53 bits per heavy atom. The lowest BCUT2D eigenvalue weighted by atomic mass is 10.1. The summed E-state index contributed by atoms with van der Waals surface area (Å²) < 4.78 is 12.9. The average Bonchev–Trinajstić information content (AvgIpc) is 2.22. The molecule has 0 heterocycles. The number of hydrogen-bond donors (Lipinski definition) is 0. The zero-order valence-corrected chi connectivity index (χ0v) is 9.11. The van der Waals surface area contributed by atoms with E-state index in [1.165, 1.54) is 6.07 Å². The minimum atomic E-state index is -0.428. The fraction of sp³-hybridized carbons (Fsp3) is 0. The minimum absolute atomic E-state index is 0.0980. The third kappa shape index (κ3) is 2.31. The predicted molar refractivity (Wildman–Crippen MR) is 60.7 cm³/mol. The first-order valence-corrected chi connectivity index (χ1v) is 5.05. The molecule has 0 unspecified atom stereocenters. The second-order valence-electron chi connectivity index (χ2n) is 3.05. The topological polar surface area (TPSA) is 0 Å². The highest BCUT2D eigenvalue weighted by molar-refractivity contribution is 6.31. The Hall–Kier alpha value is -1.05. The molecule has 0 aliphatic carbocycles. The molecule has 0 saturated carbocycles. The molecular weight excluding hydrogens is 234 g/mol. The first-order valence-electron chi connectivity index (χ1n) is 4.29. The Labute approximate surface area is 97.3 Å². The van der Waals surface area contributed by atoms with Crippen LogP contribution in [0.15, 0.2) is 36.4 Å². The Morgan fingerprint density at radius 2 is 1.87 bits per heavy atom. The molecule has 0 saturated heterocycles. The van der Waals surface area contributed by atoms with Crippen LogP contribution in [-0.2, 0) is 0 Å². The van der Waals surface area contributed by atoms with Crippen molar-refractivity contribution in [2.45, 2.75) is 0 Å². The van der Waals surface area contributed by atoms with Gasteiger partial charge in [-0.25, -0.2) is 4.39 Å². The van der Waals surface area contributed by atoms with Crippen molar-refractivity contribution in [3.05, 3.63) is 58.3 Å². The van der Waals surface area contributed by atoms with E-state index >= 15 is 0 Å². The molecule has 0 bridgehead atoms. The lowest BCUT2D eigenvalue weighted by Crippen LogP contribution is -1.81. The summed E-state index contributed by atoms with van der Waals surface area (Å²) in [6, 6.07) is 12.7. The molecule has 0 amide bonds. The summed E-state index contributed by atoms with van der Waals surface area (Å²) >= 11 is 11.5. The van der Waals surface area contributed by atoms with Crippen LogP contribution in [0.4, 0.5) is 4.39 Å². The van der Waals surface area contributed by atoms with Gasteiger partial charge in [0.2, 0.25) is 0 Å². The van der Waals surface area contributed by atoms with Crippen molar-refractivity contribution in [2.24, 2.45) is 0 Å². The molecular formula is C12H6Cl2F. The van der Waals surface area contributed by atoms with Gasteiger partial charge in [0.1, 0.15) is 5.82 Å². The maximum atomic E-state index is 12.9. The largest absolute Gasteiger partial charge is 0.205 e. The summed E-state index contributed by atoms with van der Waals surface area (Å²) in [6.45, 7) is 0. The van der Waals surface area contributed by atoms with Crippen molar-refractivity contribution in [3.8, 4) is 11.1 Å². The van der Waals surface area contributed by atoms with E-state index in [0.717, 1.165) is 11.1 Å². The number of halogens is 3. The molecule has 1 radical (unpaired) electrons. The van der Waals surface area contributed by atoms with Crippen molar-refractivity contribution in [1.82, 2.24) is 0 Å². The molecule has 2 aromatic carbocycles. The Balaban J connectivity index is 2.50. The fourth-order valence-corrected chi connectivity index (χ4v) is 1.62. The molecule has 0 spiro atoms. The van der Waals surface area contributed by atoms with Crippen LogP contribution in [-0.4, -0.2) is 0 Å². The van der Waals surface area contributed by atoms with E-state index in [-0.39, 0.29) is 5.02 Å². The maximum Gasteiger partial charge on any atom is 0.141 e. The van der Waals surface area contributed by atoms with Gasteiger partial charge in [-0.2, -0.15) is 0 Å². The molecule has 2 aromatic rings. The quantitative estimate of drug-likeness (QED) is 0.683. The van der Waals surface area contributed by atoms with Gasteiger partial charge in [-0.1, -0.05) is 35.3 Å². The van der Waals surface area contributed by atoms with Gasteiger partial charge in [-0.05, 0) is 41.5 Å². The molecule has 15 heavy (non-hydrogen) atoms. The van der Waals surface area contributed by atoms with Crippen molar-refractivity contribution in [1.29, 1.82) is 0 Å². The van der Waals surface area contributed by atoms with E-state index < -0.39 is 5.82 Å². The maximum absolute atomic E-state index is 12.9. The molecule has 0 aromatic heterocycles. The molecule has 0 atom stereocenters. The Morgan fingerprint density at radius 1 is 1.07 bits per heavy atom. The van der Waals surface area contributed by atoms with Gasteiger partial charge in [0.25, 0.3) is 0 Å². The van der Waals surface area contributed by atoms with E-state index in [2.05, 4.69) is 6.07 Å². The molecule has 0 N–H and O–H groups in total. The normalized spacial score (nSPS) is 10.3. The van der Waals surface area contributed by atoms with Crippen LogP contribution in [0.25, 0.3) is 11.1 Å². The van der Waals surface area contributed by atoms with Crippen LogP contribution in [0, 0.1) is 11.9 Å². The molecule has 0 nitrogen and oxygen atoms in total. The van der Waals surface area contributed by atoms with Gasteiger partial charge < -0.3 is 0 Å². The van der Waals surface area contributed by atoms with Gasteiger partial charge in [-0.15, -0.1) is 0 Å². The third-order valence-electron chi connectivity index (χ3n) is 1.99. The van der Waals surface area contributed by atoms with Gasteiger partial charge in [0, 0.05) is 5.02 Å². The van der Waals surface area contributed by atoms with E-state index in [0.29, 0.717) is 5.02 Å². The first kappa shape index (κ1) is 10.5. The van der Waals surface area contributed by atoms with Crippen LogP contribution in [0.5, 0.6) is 0 Å². The predicted octanol–water partition coefficient (Wildman–Crippen LogP) is 4.60. The first-order chi connectivity index (χ1) is 7.16. The molecule has 0 fully saturated rings. The number of hydrogen-bond acceptors (Lipinski definition) is 0. The standard InChI is InChI=1S/C12H6Cl2F/c13-10-3-1-2-8(6-10)9-4-5-12(15)11(14)7-9/h1,3-7H. The van der Waals surface area contributed by atoms with Crippen LogP contribution in [0.3, 0.4) is 0 Å². The van der Waals surface area contributed by atoms with Gasteiger partial charge >= 0.3 is 0 Å². The van der Waals surface area contributed by atoms with Gasteiger partial charge in [0.15, 0.2) is 0 Å². The Kier molecular flexibility index (Phi) is 2.94. The van der Waals surface area contributed by atoms with E-state index in [9.17, 15) is 4.39 Å². The smallest absolute Gasteiger partial charge is 0.141 e. The SMILES string of the molecule is Fc1ccc(-c2[c]ccc(Cl)c2)cc1Cl. The van der Waals surface area contributed by atoms with E-state index in [1.807, 2.05) is 0 Å². The summed E-state index contributed by atoms with van der Waals surface area (Å²) in [6.07, 6.45) is 0. The summed E-state index contributed by atoms with van der Waals surface area (Å²) in [5.41, 5.74) is 1.59. The van der Waals surface area contributed by atoms with Gasteiger partial charge in [-0.3, -0.25) is 0 Å². The van der Waals surface area contributed by atoms with Crippen molar-refractivity contribution >= 4 is 23.2 Å². The monoisotopic (exact) mass is 239 g/mol. The van der Waals surface area contributed by atoms with Crippen LogP contribution < -0.4 is 0 Å². The highest BCUT2D eigenvalue weighted by atomic mass is 35.5. The van der Waals surface area contributed by atoms with Gasteiger partial charge in [0.05, 0.1) is 5.02 Å². The zero-order chi connectivity index (χ0) is 10.8. The summed E-state index contributed by atoms with van der Waals surface area (Å²) in [7, 11) is 0. The molecule has 0 aliphatic heterocycles. The van der Waals surface area contributed by atoms with Crippen molar-refractivity contribution < 1.29 is 4.39 Å². The lowest BCUT2D eigenvalue weighted by molar-refractivity contribution is 0.628. The molecule has 2 rings (SSSR count). The highest BCUT2D eigenvalue weighted by Gasteiger charge is 2.03. The van der Waals surface area contributed by atoms with Crippen molar-refractivity contribution in [3.63, 3.8) is 0 Å². The molecule has 3 heteroatoms. The van der Waals surface area contributed by atoms with Crippen molar-refractivity contribution in [2.75, 3.05) is 0 Å². The lowest BCUT2D eigenvalue weighted by Gasteiger charge is -2.02. The summed E-state index contributed by atoms with van der Waals surface area (Å²) in [5, 5.41) is 0.713. The fourth-order valence-electron chi connectivity index (χ4n) is 1.27. The van der Waals surface area contributed by atoms with Crippen LogP contribution in [0.2, 0.25) is 10.0 Å². The number of benzene rings is 2. The number of rotatable bonds is 1. The highest BCUT2D eigenvalue weighted by Crippen LogP contribution is 2.26. The van der Waals surface area contributed by atoms with E-state index in [1.54, 1.807) is 30.3 Å². The summed E-state index contributed by atoms with van der Waals surface area (Å²) in [5.74, 6) is -0.428. The second kappa shape index (κ2) is 4.21. The summed E-state index contributed by atoms with van der Waals surface area (Å²) in [4.78, 5) is 0. The third-order valence-corrected chi connectivity index (χ3v) is 2.52. The molecule has 0 aliphatic rings. The average molecular weight is 240 g/mol. The van der Waals surface area contributed by atoms with E-state index in [4.69, 9.17) is 23.2 Å². The molecule has 75 valence electrons. The Bertz CT molecular complexity index is 495. The zero-order valence-electron chi connectivity index (χ0n) is 7.60. The minimum Gasteiger partial charge on any atom is -0.205 e. The van der Waals surface area contributed by atoms with Crippen LogP contribution >= 0.6 is 23.2 Å².